The average Bonchev–Trinajstić information content (AvgIpc) is 3.34. The summed E-state index contributed by atoms with van der Waals surface area (Å²) in [6.07, 6.45) is 2.31. The van der Waals surface area contributed by atoms with Crippen molar-refractivity contribution in [2.75, 3.05) is 26.2 Å². The molecule has 1 aliphatic rings. The number of thiophene rings is 1. The van der Waals surface area contributed by atoms with Crippen LogP contribution < -0.4 is 0 Å². The second-order valence-corrected chi connectivity index (χ2v) is 11.0. The lowest BCUT2D eigenvalue weighted by Crippen LogP contribution is -2.50. The third-order valence-electron chi connectivity index (χ3n) is 6.11. The van der Waals surface area contributed by atoms with Crippen molar-refractivity contribution >= 4 is 34.2 Å². The van der Waals surface area contributed by atoms with Crippen molar-refractivity contribution in [1.29, 1.82) is 0 Å². The van der Waals surface area contributed by atoms with Crippen LogP contribution in [0.5, 0.6) is 0 Å². The number of hydrogen-bond donors (Lipinski definition) is 0. The Morgan fingerprint density at radius 2 is 1.70 bits per heavy atom. The van der Waals surface area contributed by atoms with Gasteiger partial charge in [0.15, 0.2) is 5.65 Å². The van der Waals surface area contributed by atoms with E-state index in [-0.39, 0.29) is 17.9 Å². The van der Waals surface area contributed by atoms with E-state index < -0.39 is 0 Å². The van der Waals surface area contributed by atoms with Crippen LogP contribution in [0.2, 0.25) is 0 Å². The molecule has 4 heterocycles. The second-order valence-electron chi connectivity index (χ2n) is 9.57. The highest BCUT2D eigenvalue weighted by atomic mass is 32.1. The number of aromatic nitrogens is 3. The summed E-state index contributed by atoms with van der Waals surface area (Å²) in [5, 5.41) is 5.32. The van der Waals surface area contributed by atoms with Crippen molar-refractivity contribution < 1.29 is 9.59 Å². The summed E-state index contributed by atoms with van der Waals surface area (Å²) < 4.78 is 1.88. The number of hydrogen-bond acceptors (Lipinski definition) is 5. The topological polar surface area (TPSA) is 71.3 Å². The van der Waals surface area contributed by atoms with Crippen LogP contribution >= 0.6 is 11.3 Å². The van der Waals surface area contributed by atoms with Gasteiger partial charge in [-0.2, -0.15) is 5.10 Å². The quantitative estimate of drug-likeness (QED) is 0.546. The standard InChI is InChI=1S/C25H33N5O2S/c1-15(2)11-23(31)28-7-9-29(10-8-28)25(32)20-13-22(19-12-17(5)33-18(19)6)27-24-21(20)14-26-30(24)16(3)4/h12-16H,7-11H2,1-6H3. The Balaban J connectivity index is 1.68. The van der Waals surface area contributed by atoms with Crippen LogP contribution in [0.3, 0.4) is 0 Å². The lowest BCUT2D eigenvalue weighted by atomic mass is 10.1. The Labute approximate surface area is 199 Å². The van der Waals surface area contributed by atoms with Crippen molar-refractivity contribution in [3.8, 4) is 11.3 Å². The zero-order valence-electron chi connectivity index (χ0n) is 20.4. The van der Waals surface area contributed by atoms with Crippen LogP contribution in [0.25, 0.3) is 22.3 Å². The summed E-state index contributed by atoms with van der Waals surface area (Å²) in [5.41, 5.74) is 3.24. The van der Waals surface area contributed by atoms with Gasteiger partial charge in [0.2, 0.25) is 5.91 Å². The van der Waals surface area contributed by atoms with E-state index in [0.29, 0.717) is 44.1 Å². The molecule has 1 aliphatic heterocycles. The fourth-order valence-electron chi connectivity index (χ4n) is 4.40. The van der Waals surface area contributed by atoms with E-state index in [4.69, 9.17) is 4.98 Å². The Hall–Kier alpha value is -2.74. The van der Waals surface area contributed by atoms with Crippen molar-refractivity contribution in [1.82, 2.24) is 24.6 Å². The van der Waals surface area contributed by atoms with Gasteiger partial charge < -0.3 is 9.80 Å². The number of rotatable bonds is 5. The van der Waals surface area contributed by atoms with Crippen LogP contribution in [0.1, 0.15) is 60.3 Å². The molecule has 0 bridgehead atoms. The van der Waals surface area contributed by atoms with Gasteiger partial charge in [0, 0.05) is 54.0 Å². The van der Waals surface area contributed by atoms with Crippen LogP contribution in [0.15, 0.2) is 18.3 Å². The minimum atomic E-state index is -0.0208. The summed E-state index contributed by atoms with van der Waals surface area (Å²) in [6, 6.07) is 4.19. The minimum Gasteiger partial charge on any atom is -0.339 e. The summed E-state index contributed by atoms with van der Waals surface area (Å²) in [4.78, 5) is 37.2. The SMILES string of the molecule is Cc1cc(-c2cc(C(=O)N3CCN(C(=O)CC(C)C)CC3)c3cnn(C(C)C)c3n2)c(C)s1. The first-order valence-corrected chi connectivity index (χ1v) is 12.5. The molecule has 0 N–H and O–H groups in total. The molecule has 0 aromatic carbocycles. The molecule has 4 rings (SSSR count). The molecule has 0 atom stereocenters. The summed E-state index contributed by atoms with van der Waals surface area (Å²) in [6.45, 7) is 14.6. The van der Waals surface area contributed by atoms with Crippen LogP contribution in [-0.2, 0) is 4.79 Å². The van der Waals surface area contributed by atoms with E-state index in [1.807, 2.05) is 20.5 Å². The predicted molar refractivity (Wildman–Crippen MR) is 133 cm³/mol. The normalized spacial score (nSPS) is 14.7. The number of piperazine rings is 1. The molecule has 3 aromatic rings. The van der Waals surface area contributed by atoms with Gasteiger partial charge in [0.05, 0.1) is 22.8 Å². The van der Waals surface area contributed by atoms with Crippen LogP contribution in [-0.4, -0.2) is 62.6 Å². The van der Waals surface area contributed by atoms with Gasteiger partial charge in [0.25, 0.3) is 5.91 Å². The molecule has 0 aliphatic carbocycles. The molecule has 3 aromatic heterocycles. The highest BCUT2D eigenvalue weighted by Crippen LogP contribution is 2.33. The number of pyridine rings is 1. The summed E-state index contributed by atoms with van der Waals surface area (Å²) >= 11 is 1.74. The number of aryl methyl sites for hydroxylation is 2. The Morgan fingerprint density at radius 1 is 1.03 bits per heavy atom. The smallest absolute Gasteiger partial charge is 0.254 e. The molecule has 1 fully saturated rings. The van der Waals surface area contributed by atoms with E-state index in [2.05, 4.69) is 52.7 Å². The second kappa shape index (κ2) is 9.25. The fraction of sp³-hybridized carbons (Fsp3) is 0.520. The number of carbonyl (C=O) groups is 2. The van der Waals surface area contributed by atoms with Crippen LogP contribution in [0, 0.1) is 19.8 Å². The maximum Gasteiger partial charge on any atom is 0.254 e. The van der Waals surface area contributed by atoms with Gasteiger partial charge >= 0.3 is 0 Å². The molecule has 0 saturated carbocycles. The van der Waals surface area contributed by atoms with Gasteiger partial charge in [0.1, 0.15) is 0 Å². The molecule has 2 amide bonds. The zero-order chi connectivity index (χ0) is 23.9. The molecule has 0 spiro atoms. The first-order chi connectivity index (χ1) is 15.7. The first kappa shape index (κ1) is 23.4. The molecular weight excluding hydrogens is 434 g/mol. The van der Waals surface area contributed by atoms with E-state index >= 15 is 0 Å². The van der Waals surface area contributed by atoms with Gasteiger partial charge in [-0.1, -0.05) is 13.8 Å². The highest BCUT2D eigenvalue weighted by molar-refractivity contribution is 7.12. The maximum absolute atomic E-state index is 13.7. The molecule has 33 heavy (non-hydrogen) atoms. The Kier molecular flexibility index (Phi) is 6.56. The van der Waals surface area contributed by atoms with Crippen molar-refractivity contribution in [2.45, 2.75) is 54.0 Å². The fourth-order valence-corrected chi connectivity index (χ4v) is 5.34. The van der Waals surface area contributed by atoms with E-state index in [1.165, 1.54) is 9.75 Å². The summed E-state index contributed by atoms with van der Waals surface area (Å²) in [7, 11) is 0. The molecular formula is C25H33N5O2S. The number of amides is 2. The number of carbonyl (C=O) groups excluding carboxylic acids is 2. The van der Waals surface area contributed by atoms with Crippen LogP contribution in [0.4, 0.5) is 0 Å². The predicted octanol–water partition coefficient (Wildman–Crippen LogP) is 4.69. The third-order valence-corrected chi connectivity index (χ3v) is 7.07. The van der Waals surface area contributed by atoms with E-state index in [0.717, 1.165) is 22.3 Å². The first-order valence-electron chi connectivity index (χ1n) is 11.7. The lowest BCUT2D eigenvalue weighted by molar-refractivity contribution is -0.133. The molecule has 176 valence electrons. The van der Waals surface area contributed by atoms with Gasteiger partial charge in [-0.25, -0.2) is 9.67 Å². The summed E-state index contributed by atoms with van der Waals surface area (Å²) in [5.74, 6) is 0.488. The van der Waals surface area contributed by atoms with E-state index in [1.54, 1.807) is 17.5 Å². The highest BCUT2D eigenvalue weighted by Gasteiger charge is 2.28. The zero-order valence-corrected chi connectivity index (χ0v) is 21.2. The molecule has 1 saturated heterocycles. The van der Waals surface area contributed by atoms with Gasteiger partial charge in [-0.3, -0.25) is 9.59 Å². The monoisotopic (exact) mass is 467 g/mol. The largest absolute Gasteiger partial charge is 0.339 e. The Bertz CT molecular complexity index is 1190. The molecule has 7 nitrogen and oxygen atoms in total. The molecule has 8 heteroatoms. The minimum absolute atomic E-state index is 0.0208. The van der Waals surface area contributed by atoms with Gasteiger partial charge in [-0.05, 0) is 45.7 Å². The molecule has 0 unspecified atom stereocenters. The van der Waals surface area contributed by atoms with E-state index in [9.17, 15) is 9.59 Å². The van der Waals surface area contributed by atoms with Crippen molar-refractivity contribution in [2.24, 2.45) is 5.92 Å². The van der Waals surface area contributed by atoms with Crippen molar-refractivity contribution in [3.05, 3.63) is 33.6 Å². The molecule has 0 radical (unpaired) electrons. The van der Waals surface area contributed by atoms with Crippen molar-refractivity contribution in [3.63, 3.8) is 0 Å². The third kappa shape index (κ3) is 4.67. The number of fused-ring (bicyclic) bond motifs is 1. The lowest BCUT2D eigenvalue weighted by Gasteiger charge is -2.35. The Morgan fingerprint density at radius 3 is 2.27 bits per heavy atom. The number of nitrogens with zero attached hydrogens (tertiary/aromatic N) is 5. The maximum atomic E-state index is 13.7. The average molecular weight is 468 g/mol. The van der Waals surface area contributed by atoms with Gasteiger partial charge in [-0.15, -0.1) is 11.3 Å².